The molecule has 5 nitrogen and oxygen atoms in total. The third kappa shape index (κ3) is 1.78. The molecule has 1 N–H and O–H groups in total. The van der Waals surface area contributed by atoms with Crippen molar-refractivity contribution < 1.29 is 23.0 Å². The maximum atomic E-state index is 11.4. The van der Waals surface area contributed by atoms with E-state index < -0.39 is 9.84 Å². The lowest BCUT2D eigenvalue weighted by Crippen LogP contribution is -2.01. The Labute approximate surface area is 87.2 Å². The summed E-state index contributed by atoms with van der Waals surface area (Å²) in [5.41, 5.74) is 0.486. The molecule has 1 aromatic carbocycles. The highest BCUT2D eigenvalue weighted by Gasteiger charge is 2.24. The van der Waals surface area contributed by atoms with Crippen molar-refractivity contribution in [2.75, 3.05) is 13.0 Å². The predicted octanol–water partition coefficient (Wildman–Crippen LogP) is 0.311. The highest BCUT2D eigenvalue weighted by molar-refractivity contribution is 7.90. The van der Waals surface area contributed by atoms with Gasteiger partial charge in [0.05, 0.1) is 6.61 Å². The molecule has 0 radical (unpaired) electrons. The maximum absolute atomic E-state index is 11.4. The topological polar surface area (TPSA) is 72.8 Å². The Morgan fingerprint density at radius 2 is 2.13 bits per heavy atom. The first-order valence-electron chi connectivity index (χ1n) is 4.26. The van der Waals surface area contributed by atoms with Crippen LogP contribution >= 0.6 is 0 Å². The van der Waals surface area contributed by atoms with Gasteiger partial charge in [0.2, 0.25) is 6.79 Å². The summed E-state index contributed by atoms with van der Waals surface area (Å²) in [7, 11) is -3.38. The first-order valence-corrected chi connectivity index (χ1v) is 6.15. The lowest BCUT2D eigenvalue weighted by molar-refractivity contribution is 0.172. The smallest absolute Gasteiger partial charge is 0.231 e. The van der Waals surface area contributed by atoms with Crippen LogP contribution in [0.1, 0.15) is 5.56 Å². The summed E-state index contributed by atoms with van der Waals surface area (Å²) < 4.78 is 33.0. The molecule has 0 bridgehead atoms. The molecule has 6 heteroatoms. The van der Waals surface area contributed by atoms with Crippen LogP contribution in [0.2, 0.25) is 0 Å². The van der Waals surface area contributed by atoms with E-state index in [9.17, 15) is 8.42 Å². The zero-order valence-corrected chi connectivity index (χ0v) is 8.87. The fraction of sp³-hybridized carbons (Fsp3) is 0.333. The van der Waals surface area contributed by atoms with Gasteiger partial charge in [0.1, 0.15) is 4.90 Å². The standard InChI is InChI=1S/C9H10O5S/c1-15(11,12)8-3-6(4-10)2-7-9(8)14-5-13-7/h2-3,10H,4-5H2,1H3. The van der Waals surface area contributed by atoms with Gasteiger partial charge in [-0.25, -0.2) is 8.42 Å². The van der Waals surface area contributed by atoms with E-state index in [0.29, 0.717) is 11.3 Å². The third-order valence-electron chi connectivity index (χ3n) is 2.08. The van der Waals surface area contributed by atoms with Crippen molar-refractivity contribution in [2.45, 2.75) is 11.5 Å². The minimum atomic E-state index is -3.38. The van der Waals surface area contributed by atoms with Crippen LogP contribution in [0, 0.1) is 0 Å². The summed E-state index contributed by atoms with van der Waals surface area (Å²) in [5.74, 6) is 0.594. The van der Waals surface area contributed by atoms with Crippen molar-refractivity contribution in [1.82, 2.24) is 0 Å². The average molecular weight is 230 g/mol. The van der Waals surface area contributed by atoms with Crippen LogP contribution in [0.5, 0.6) is 11.5 Å². The monoisotopic (exact) mass is 230 g/mol. The second-order valence-electron chi connectivity index (χ2n) is 3.26. The van der Waals surface area contributed by atoms with Crippen molar-refractivity contribution in [3.8, 4) is 11.5 Å². The number of hydrogen-bond acceptors (Lipinski definition) is 5. The number of hydrogen-bond donors (Lipinski definition) is 1. The Morgan fingerprint density at radius 3 is 2.73 bits per heavy atom. The van der Waals surface area contributed by atoms with Crippen LogP contribution in [-0.2, 0) is 16.4 Å². The molecular weight excluding hydrogens is 220 g/mol. The van der Waals surface area contributed by atoms with Crippen LogP contribution in [0.3, 0.4) is 0 Å². The average Bonchev–Trinajstić information content (AvgIpc) is 2.61. The predicted molar refractivity (Wildman–Crippen MR) is 51.6 cm³/mol. The molecule has 1 aromatic rings. The molecule has 0 unspecified atom stereocenters. The van der Waals surface area contributed by atoms with Crippen molar-refractivity contribution in [2.24, 2.45) is 0 Å². The molecule has 82 valence electrons. The number of sulfone groups is 1. The lowest BCUT2D eigenvalue weighted by atomic mass is 10.2. The molecule has 0 atom stereocenters. The second kappa shape index (κ2) is 3.39. The van der Waals surface area contributed by atoms with Crippen molar-refractivity contribution in [1.29, 1.82) is 0 Å². The summed E-state index contributed by atoms with van der Waals surface area (Å²) in [6, 6.07) is 2.96. The van der Waals surface area contributed by atoms with E-state index in [1.807, 2.05) is 0 Å². The van der Waals surface area contributed by atoms with E-state index in [4.69, 9.17) is 14.6 Å². The molecule has 1 aliphatic heterocycles. The Balaban J connectivity index is 2.68. The van der Waals surface area contributed by atoms with E-state index in [1.165, 1.54) is 6.07 Å². The number of aliphatic hydroxyl groups excluding tert-OH is 1. The Morgan fingerprint density at radius 1 is 1.40 bits per heavy atom. The van der Waals surface area contributed by atoms with Gasteiger partial charge >= 0.3 is 0 Å². The van der Waals surface area contributed by atoms with Crippen molar-refractivity contribution in [3.63, 3.8) is 0 Å². The Kier molecular flexibility index (Phi) is 2.32. The molecule has 0 saturated carbocycles. The quantitative estimate of drug-likeness (QED) is 0.791. The molecule has 0 aliphatic carbocycles. The normalized spacial score (nSPS) is 14.3. The van der Waals surface area contributed by atoms with Crippen molar-refractivity contribution >= 4 is 9.84 Å². The number of ether oxygens (including phenoxy) is 2. The molecular formula is C9H10O5S. The largest absolute Gasteiger partial charge is 0.454 e. The maximum Gasteiger partial charge on any atom is 0.231 e. The molecule has 0 aromatic heterocycles. The fourth-order valence-corrected chi connectivity index (χ4v) is 2.26. The van der Waals surface area contributed by atoms with Gasteiger partial charge in [-0.2, -0.15) is 0 Å². The highest BCUT2D eigenvalue weighted by atomic mass is 32.2. The highest BCUT2D eigenvalue weighted by Crippen LogP contribution is 2.39. The van der Waals surface area contributed by atoms with Gasteiger partial charge < -0.3 is 14.6 Å². The Hall–Kier alpha value is -1.27. The molecule has 0 amide bonds. The van der Waals surface area contributed by atoms with E-state index in [0.717, 1.165) is 6.26 Å². The van der Waals surface area contributed by atoms with Crippen LogP contribution < -0.4 is 9.47 Å². The van der Waals surface area contributed by atoms with E-state index in [1.54, 1.807) is 6.07 Å². The zero-order valence-electron chi connectivity index (χ0n) is 8.06. The SMILES string of the molecule is CS(=O)(=O)c1cc(CO)cc2c1OCO2. The van der Waals surface area contributed by atoms with Gasteiger partial charge in [0, 0.05) is 6.26 Å². The van der Waals surface area contributed by atoms with E-state index in [2.05, 4.69) is 0 Å². The van der Waals surface area contributed by atoms with Crippen LogP contribution in [-0.4, -0.2) is 26.6 Å². The van der Waals surface area contributed by atoms with Gasteiger partial charge in [-0.05, 0) is 17.7 Å². The molecule has 0 fully saturated rings. The van der Waals surface area contributed by atoms with Gasteiger partial charge in [-0.15, -0.1) is 0 Å². The molecule has 0 saturated heterocycles. The number of fused-ring (bicyclic) bond motifs is 1. The number of rotatable bonds is 2. The van der Waals surface area contributed by atoms with Gasteiger partial charge in [-0.1, -0.05) is 0 Å². The first kappa shape index (κ1) is 10.3. The third-order valence-corrected chi connectivity index (χ3v) is 3.18. The van der Waals surface area contributed by atoms with E-state index in [-0.39, 0.29) is 24.0 Å². The Bertz CT molecular complexity index is 491. The van der Waals surface area contributed by atoms with Crippen molar-refractivity contribution in [3.05, 3.63) is 17.7 Å². The number of aliphatic hydroxyl groups is 1. The van der Waals surface area contributed by atoms with Crippen LogP contribution in [0.4, 0.5) is 0 Å². The minimum absolute atomic E-state index is 0.00668. The summed E-state index contributed by atoms with van der Waals surface area (Å²) in [4.78, 5) is 0.0570. The molecule has 15 heavy (non-hydrogen) atoms. The van der Waals surface area contributed by atoms with Gasteiger partial charge in [0.15, 0.2) is 21.3 Å². The van der Waals surface area contributed by atoms with Crippen LogP contribution in [0.15, 0.2) is 17.0 Å². The molecule has 1 aliphatic rings. The molecule has 1 heterocycles. The summed E-state index contributed by atoms with van der Waals surface area (Å²) in [6.07, 6.45) is 1.09. The minimum Gasteiger partial charge on any atom is -0.454 e. The first-order chi connectivity index (χ1) is 7.02. The zero-order chi connectivity index (χ0) is 11.1. The molecule has 0 spiro atoms. The summed E-state index contributed by atoms with van der Waals surface area (Å²) in [6.45, 7) is -0.230. The molecule has 2 rings (SSSR count). The lowest BCUT2D eigenvalue weighted by Gasteiger charge is -2.05. The summed E-state index contributed by atoms with van der Waals surface area (Å²) >= 11 is 0. The number of benzene rings is 1. The van der Waals surface area contributed by atoms with E-state index >= 15 is 0 Å². The second-order valence-corrected chi connectivity index (χ2v) is 5.24. The van der Waals surface area contributed by atoms with Crippen LogP contribution in [0.25, 0.3) is 0 Å². The summed E-state index contributed by atoms with van der Waals surface area (Å²) in [5, 5.41) is 8.97. The fourth-order valence-electron chi connectivity index (χ4n) is 1.40. The van der Waals surface area contributed by atoms with Gasteiger partial charge in [-0.3, -0.25) is 0 Å². The van der Waals surface area contributed by atoms with Gasteiger partial charge in [0.25, 0.3) is 0 Å².